The Morgan fingerprint density at radius 3 is 1.88 bits per heavy atom. The first kappa shape index (κ1) is 19.1. The Labute approximate surface area is 110 Å². The minimum atomic E-state index is -3.67. The van der Waals surface area contributed by atoms with Crippen LogP contribution in [0.5, 0.6) is 0 Å². The molecule has 0 aromatic rings. The molecule has 0 aromatic heterocycles. The molecule has 0 heterocycles. The number of hydrogen-bond acceptors (Lipinski definition) is 4. The molecule has 17 heavy (non-hydrogen) atoms. The summed E-state index contributed by atoms with van der Waals surface area (Å²) >= 11 is 4.62. The van der Waals surface area contributed by atoms with Crippen LogP contribution >= 0.6 is 12.2 Å². The maximum absolute atomic E-state index is 10.7. The van der Waals surface area contributed by atoms with E-state index in [1.54, 1.807) is 7.11 Å². The van der Waals surface area contributed by atoms with E-state index in [9.17, 15) is 8.42 Å². The monoisotopic (exact) mass is 284 g/mol. The molecular weight excluding hydrogens is 260 g/mol. The Morgan fingerprint density at radius 1 is 1.29 bits per heavy atom. The topological polar surface area (TPSA) is 72.6 Å². The number of primary sulfonamides is 1. The van der Waals surface area contributed by atoms with E-state index in [4.69, 9.17) is 9.88 Å². The van der Waals surface area contributed by atoms with Gasteiger partial charge in [0.15, 0.2) is 0 Å². The summed E-state index contributed by atoms with van der Waals surface area (Å²) in [7, 11) is -1.94. The molecule has 7 heteroatoms. The van der Waals surface area contributed by atoms with Crippen molar-refractivity contribution in [2.24, 2.45) is 5.14 Å². The Bertz CT molecular complexity index is 284. The Balaban J connectivity index is 0. The summed E-state index contributed by atoms with van der Waals surface area (Å²) in [6, 6.07) is 0. The van der Waals surface area contributed by atoms with Crippen LogP contribution in [-0.4, -0.2) is 44.4 Å². The normalized spacial score (nSPS) is 10.4. The van der Waals surface area contributed by atoms with Gasteiger partial charge in [-0.05, 0) is 32.5 Å². The second-order valence-corrected chi connectivity index (χ2v) is 5.45. The summed E-state index contributed by atoms with van der Waals surface area (Å²) in [5.74, 6) is 0. The average Bonchev–Trinajstić information content (AvgIpc) is 2.27. The van der Waals surface area contributed by atoms with Gasteiger partial charge in [0.25, 0.3) is 10.0 Å². The average molecular weight is 284 g/mol. The smallest absolute Gasteiger partial charge is 0.264 e. The summed E-state index contributed by atoms with van der Waals surface area (Å²) in [6.45, 7) is 7.83. The van der Waals surface area contributed by atoms with Crippen molar-refractivity contribution in [1.82, 2.24) is 4.90 Å². The number of methoxy groups -OCH3 is 1. The van der Waals surface area contributed by atoms with Gasteiger partial charge in [-0.15, -0.1) is 0 Å². The number of ether oxygens (including phenoxy) is 1. The Hall–Kier alpha value is -0.240. The van der Waals surface area contributed by atoms with Crippen LogP contribution in [0.2, 0.25) is 0 Å². The fraction of sp³-hybridized carbons (Fsp3) is 0.900. The van der Waals surface area contributed by atoms with E-state index in [2.05, 4.69) is 19.1 Å². The van der Waals surface area contributed by atoms with E-state index in [0.29, 0.717) is 13.1 Å². The van der Waals surface area contributed by atoms with Crippen molar-refractivity contribution >= 4 is 26.6 Å². The molecule has 0 atom stereocenters. The summed E-state index contributed by atoms with van der Waals surface area (Å²) in [4.78, 5) is 1.52. The van der Waals surface area contributed by atoms with Crippen molar-refractivity contribution in [3.8, 4) is 0 Å². The fourth-order valence-electron chi connectivity index (χ4n) is 0.950. The molecule has 0 saturated carbocycles. The minimum absolute atomic E-state index is 0.178. The van der Waals surface area contributed by atoms with E-state index >= 15 is 0 Å². The zero-order valence-electron chi connectivity index (χ0n) is 11.1. The second kappa shape index (κ2) is 10.9. The van der Waals surface area contributed by atoms with E-state index in [1.807, 2.05) is 13.8 Å². The van der Waals surface area contributed by atoms with Crippen LogP contribution in [-0.2, 0) is 14.8 Å². The minimum Gasteiger partial charge on any atom is -0.385 e. The van der Waals surface area contributed by atoms with Gasteiger partial charge in [0, 0.05) is 26.8 Å². The van der Waals surface area contributed by atoms with Gasteiger partial charge in [-0.1, -0.05) is 13.3 Å². The summed E-state index contributed by atoms with van der Waals surface area (Å²) in [6.07, 6.45) is 2.42. The number of rotatable bonds is 5. The lowest BCUT2D eigenvalue weighted by Crippen LogP contribution is -2.38. The Kier molecular flexibility index (Phi) is 12.2. The quantitative estimate of drug-likeness (QED) is 0.609. The molecule has 0 bridgehead atoms. The fourth-order valence-corrected chi connectivity index (χ4v) is 1.83. The number of nitrogens with two attached hydrogens (primary N) is 1. The van der Waals surface area contributed by atoms with E-state index < -0.39 is 10.0 Å². The SMILES string of the molecule is CCCCOC.CCN(CC)C(=S)S(N)(=O)=O. The third-order valence-corrected chi connectivity index (χ3v) is 3.67. The van der Waals surface area contributed by atoms with Gasteiger partial charge in [0.1, 0.15) is 0 Å². The van der Waals surface area contributed by atoms with Crippen molar-refractivity contribution in [3.63, 3.8) is 0 Å². The van der Waals surface area contributed by atoms with Gasteiger partial charge < -0.3 is 9.64 Å². The number of sulfonamides is 1. The molecule has 104 valence electrons. The van der Waals surface area contributed by atoms with Gasteiger partial charge >= 0.3 is 0 Å². The van der Waals surface area contributed by atoms with E-state index in [1.165, 1.54) is 17.7 Å². The first-order chi connectivity index (χ1) is 7.84. The first-order valence-corrected chi connectivity index (χ1v) is 7.61. The van der Waals surface area contributed by atoms with Crippen LogP contribution in [0.25, 0.3) is 0 Å². The van der Waals surface area contributed by atoms with Crippen molar-refractivity contribution < 1.29 is 13.2 Å². The van der Waals surface area contributed by atoms with Crippen molar-refractivity contribution in [1.29, 1.82) is 0 Å². The molecule has 0 aliphatic heterocycles. The van der Waals surface area contributed by atoms with E-state index in [0.717, 1.165) is 6.61 Å². The molecule has 0 aromatic carbocycles. The van der Waals surface area contributed by atoms with Gasteiger partial charge in [-0.3, -0.25) is 0 Å². The predicted molar refractivity (Wildman–Crippen MR) is 75.4 cm³/mol. The van der Waals surface area contributed by atoms with Crippen LogP contribution in [0.15, 0.2) is 0 Å². The summed E-state index contributed by atoms with van der Waals surface area (Å²) in [5, 5.41) is 4.82. The van der Waals surface area contributed by atoms with Crippen molar-refractivity contribution in [3.05, 3.63) is 0 Å². The molecule has 0 rings (SSSR count). The molecule has 0 aliphatic rings. The summed E-state index contributed by atoms with van der Waals surface area (Å²) < 4.78 is 26.0. The Morgan fingerprint density at radius 2 is 1.76 bits per heavy atom. The van der Waals surface area contributed by atoms with Crippen LogP contribution in [0.1, 0.15) is 33.6 Å². The molecule has 0 saturated heterocycles. The highest BCUT2D eigenvalue weighted by atomic mass is 32.2. The lowest BCUT2D eigenvalue weighted by Gasteiger charge is -2.19. The molecule has 5 nitrogen and oxygen atoms in total. The van der Waals surface area contributed by atoms with Crippen LogP contribution in [0, 0.1) is 0 Å². The maximum atomic E-state index is 10.7. The third-order valence-electron chi connectivity index (χ3n) is 1.97. The zero-order valence-corrected chi connectivity index (χ0v) is 12.7. The van der Waals surface area contributed by atoms with E-state index in [-0.39, 0.29) is 4.32 Å². The van der Waals surface area contributed by atoms with Crippen LogP contribution < -0.4 is 5.14 Å². The number of nitrogens with zero attached hydrogens (tertiary/aromatic N) is 1. The maximum Gasteiger partial charge on any atom is 0.264 e. The van der Waals surface area contributed by atoms with Gasteiger partial charge in [-0.2, -0.15) is 0 Å². The largest absolute Gasteiger partial charge is 0.385 e. The highest BCUT2D eigenvalue weighted by Gasteiger charge is 2.16. The molecule has 0 amide bonds. The van der Waals surface area contributed by atoms with Crippen LogP contribution in [0.4, 0.5) is 0 Å². The first-order valence-electron chi connectivity index (χ1n) is 5.65. The lowest BCUT2D eigenvalue weighted by molar-refractivity contribution is 0.194. The molecule has 2 N–H and O–H groups in total. The van der Waals surface area contributed by atoms with Crippen molar-refractivity contribution in [2.75, 3.05) is 26.8 Å². The molecule has 0 radical (unpaired) electrons. The lowest BCUT2D eigenvalue weighted by atomic mass is 10.4. The highest BCUT2D eigenvalue weighted by Crippen LogP contribution is 1.95. The predicted octanol–water partition coefficient (Wildman–Crippen LogP) is 1.33. The third kappa shape index (κ3) is 10.6. The molecular formula is C10H24N2O3S2. The standard InChI is InChI=1S/C5H12N2O2S2.C5H12O/c1-3-7(4-2)5(10)11(6,8)9;1-3-4-5-6-2/h3-4H2,1-2H3,(H2,6,8,9);3-5H2,1-2H3. The highest BCUT2D eigenvalue weighted by molar-refractivity contribution is 8.15. The van der Waals surface area contributed by atoms with Gasteiger partial charge in [0.05, 0.1) is 0 Å². The van der Waals surface area contributed by atoms with Gasteiger partial charge in [0.2, 0.25) is 4.32 Å². The van der Waals surface area contributed by atoms with Crippen molar-refractivity contribution in [2.45, 2.75) is 33.6 Å². The van der Waals surface area contributed by atoms with Crippen LogP contribution in [0.3, 0.4) is 0 Å². The molecule has 0 aliphatic carbocycles. The number of unbranched alkanes of at least 4 members (excludes halogenated alkanes) is 1. The molecule has 0 fully saturated rings. The molecule has 0 spiro atoms. The molecule has 0 unspecified atom stereocenters. The van der Waals surface area contributed by atoms with Gasteiger partial charge in [-0.25, -0.2) is 13.6 Å². The second-order valence-electron chi connectivity index (χ2n) is 3.33. The number of thiocarbonyl (C=S) groups is 1. The number of hydrogen-bond donors (Lipinski definition) is 1. The summed E-state index contributed by atoms with van der Waals surface area (Å²) in [5.41, 5.74) is 0. The zero-order chi connectivity index (χ0) is 13.9.